The summed E-state index contributed by atoms with van der Waals surface area (Å²) >= 11 is 0. The van der Waals surface area contributed by atoms with Crippen LogP contribution in [0.2, 0.25) is 0 Å². The van der Waals surface area contributed by atoms with Gasteiger partial charge in [-0.1, -0.05) is 16.5 Å². The van der Waals surface area contributed by atoms with Crippen LogP contribution in [0.5, 0.6) is 23.0 Å². The van der Waals surface area contributed by atoms with Crippen molar-refractivity contribution in [3.05, 3.63) is 54.2 Å². The molecule has 1 aromatic heterocycles. The first-order valence-electron chi connectivity index (χ1n) is 10.7. The first-order chi connectivity index (χ1) is 16.4. The van der Waals surface area contributed by atoms with Crippen LogP contribution >= 0.6 is 10.7 Å². The van der Waals surface area contributed by atoms with Gasteiger partial charge in [0.2, 0.25) is 0 Å². The molecule has 4 rings (SSSR count). The van der Waals surface area contributed by atoms with Gasteiger partial charge in [-0.25, -0.2) is 0 Å². The van der Waals surface area contributed by atoms with E-state index in [0.29, 0.717) is 41.8 Å². The monoisotopic (exact) mass is 484 g/mol. The number of carbonyl (C=O) groups excluding carboxylic acids is 1. The molecule has 180 valence electrons. The number of nitrogens with one attached hydrogen (secondary N) is 2. The van der Waals surface area contributed by atoms with E-state index < -0.39 is 0 Å². The van der Waals surface area contributed by atoms with E-state index in [1.54, 1.807) is 37.6 Å². The highest BCUT2D eigenvalue weighted by Gasteiger charge is 2.18. The second-order valence-corrected chi connectivity index (χ2v) is 9.57. The lowest BCUT2D eigenvalue weighted by molar-refractivity contribution is 0.0915. The molecule has 3 aromatic rings. The van der Waals surface area contributed by atoms with Gasteiger partial charge in [-0.05, 0) is 38.2 Å². The average Bonchev–Trinajstić information content (AvgIpc) is 3.27. The van der Waals surface area contributed by atoms with Crippen LogP contribution in [-0.2, 0) is 4.74 Å². The van der Waals surface area contributed by atoms with E-state index in [0.717, 1.165) is 17.2 Å². The summed E-state index contributed by atoms with van der Waals surface area (Å²) in [6, 6.07) is 12.4. The fourth-order valence-electron chi connectivity index (χ4n) is 3.41. The van der Waals surface area contributed by atoms with E-state index in [-0.39, 0.29) is 22.7 Å². The number of hydrogen-bond donors (Lipinski definition) is 2. The number of aromatic nitrogens is 2. The van der Waals surface area contributed by atoms with Crippen molar-refractivity contribution in [1.29, 1.82) is 0 Å². The highest BCUT2D eigenvalue weighted by molar-refractivity contribution is 8.12. The zero-order valence-electron chi connectivity index (χ0n) is 19.4. The number of rotatable bonds is 8. The molecule has 10 heteroatoms. The number of amides is 1. The van der Waals surface area contributed by atoms with Crippen LogP contribution in [0.25, 0.3) is 0 Å². The lowest BCUT2D eigenvalue weighted by Gasteiger charge is -2.18. The molecule has 34 heavy (non-hydrogen) atoms. The number of ether oxygens (including phenoxy) is 4. The van der Waals surface area contributed by atoms with Gasteiger partial charge in [0.05, 0.1) is 17.7 Å². The van der Waals surface area contributed by atoms with E-state index in [1.807, 2.05) is 32.2 Å². The second kappa shape index (κ2) is 10.7. The van der Waals surface area contributed by atoms with Crippen LogP contribution in [0.4, 0.5) is 5.82 Å². The Morgan fingerprint density at radius 3 is 2.85 bits per heavy atom. The summed E-state index contributed by atoms with van der Waals surface area (Å²) in [6.45, 7) is 3.67. The summed E-state index contributed by atoms with van der Waals surface area (Å²) < 4.78 is 25.3. The molecule has 1 aliphatic heterocycles. The molecule has 1 amide bonds. The molecule has 0 aliphatic carbocycles. The minimum absolute atomic E-state index is 0.211. The number of hydrogen-bond acceptors (Lipinski definition) is 7. The zero-order chi connectivity index (χ0) is 24.1. The number of aromatic amines is 1. The molecule has 9 nitrogen and oxygen atoms in total. The van der Waals surface area contributed by atoms with Crippen molar-refractivity contribution in [2.45, 2.75) is 17.9 Å². The largest absolute Gasteiger partial charge is 0.491 e. The Morgan fingerprint density at radius 1 is 1.26 bits per heavy atom. The molecule has 0 fully saturated rings. The summed E-state index contributed by atoms with van der Waals surface area (Å²) in [5.41, 5.74) is 0.374. The van der Waals surface area contributed by atoms with E-state index in [1.165, 1.54) is 0 Å². The highest BCUT2D eigenvalue weighted by Crippen LogP contribution is 2.40. The highest BCUT2D eigenvalue weighted by atomic mass is 32.2. The molecule has 0 saturated heterocycles. The van der Waals surface area contributed by atoms with Crippen molar-refractivity contribution in [2.75, 3.05) is 39.2 Å². The molecule has 2 N–H and O–H groups in total. The summed E-state index contributed by atoms with van der Waals surface area (Å²) in [5, 5.41) is 9.33. The standard InChI is InChI=1S/C24H28N4O5S/c1-16(15-30-3)32-19-11-17(24(29)26-23-7-8-25-27-23)12-20(13-19)33-18-5-6-22-21(14-18)31-10-9-28(2)34(22)4/h5-8,11-14,16H,4,9-10,15H2,1-3H3,(H2,25,26,27,29)/t16-,34?/m0/s1. The molecule has 2 heterocycles. The summed E-state index contributed by atoms with van der Waals surface area (Å²) in [6.07, 6.45) is 1.35. The lowest BCUT2D eigenvalue weighted by Crippen LogP contribution is -2.18. The van der Waals surface area contributed by atoms with Gasteiger partial charge in [-0.3, -0.25) is 14.2 Å². The maximum atomic E-state index is 12.9. The summed E-state index contributed by atoms with van der Waals surface area (Å²) in [7, 11) is 3.33. The van der Waals surface area contributed by atoms with Crippen LogP contribution in [0, 0.1) is 0 Å². The van der Waals surface area contributed by atoms with Gasteiger partial charge in [-0.2, -0.15) is 5.10 Å². The number of H-pyrrole nitrogens is 1. The second-order valence-electron chi connectivity index (χ2n) is 7.78. The lowest BCUT2D eigenvalue weighted by atomic mass is 10.2. The smallest absolute Gasteiger partial charge is 0.257 e. The Hall–Kier alpha value is -3.34. The number of methoxy groups -OCH3 is 1. The number of likely N-dealkylation sites (N-methyl/N-ethyl adjacent to an activating group) is 1. The molecular weight excluding hydrogens is 456 g/mol. The van der Waals surface area contributed by atoms with Crippen molar-refractivity contribution in [3.63, 3.8) is 0 Å². The van der Waals surface area contributed by atoms with Crippen LogP contribution in [0.1, 0.15) is 17.3 Å². The SMILES string of the molecule is C=S1c2ccc(Oc3cc(O[C@@H](C)COC)cc(C(=O)Nc4ccn[nH]4)c3)cc2OCCN1C. The van der Waals surface area contributed by atoms with Gasteiger partial charge in [0.1, 0.15) is 41.5 Å². The van der Waals surface area contributed by atoms with Crippen LogP contribution in [0.15, 0.2) is 53.6 Å². The number of fused-ring (bicyclic) bond motifs is 1. The summed E-state index contributed by atoms with van der Waals surface area (Å²) in [4.78, 5) is 13.9. The minimum atomic E-state index is -0.326. The van der Waals surface area contributed by atoms with Crippen molar-refractivity contribution in [3.8, 4) is 23.0 Å². The molecule has 0 spiro atoms. The van der Waals surface area contributed by atoms with E-state index in [9.17, 15) is 4.79 Å². The van der Waals surface area contributed by atoms with Gasteiger partial charge < -0.3 is 24.3 Å². The predicted octanol–water partition coefficient (Wildman–Crippen LogP) is 4.17. The van der Waals surface area contributed by atoms with Gasteiger partial charge in [0, 0.05) is 37.4 Å². The molecule has 0 saturated carbocycles. The van der Waals surface area contributed by atoms with Crippen LogP contribution in [0.3, 0.4) is 0 Å². The third-order valence-corrected chi connectivity index (χ3v) is 6.85. The zero-order valence-corrected chi connectivity index (χ0v) is 20.2. The van der Waals surface area contributed by atoms with Crippen LogP contribution in [-0.4, -0.2) is 66.3 Å². The van der Waals surface area contributed by atoms with E-state index in [4.69, 9.17) is 18.9 Å². The van der Waals surface area contributed by atoms with Gasteiger partial charge in [-0.15, -0.1) is 0 Å². The van der Waals surface area contributed by atoms with E-state index >= 15 is 0 Å². The Kier molecular flexibility index (Phi) is 7.51. The maximum absolute atomic E-state index is 12.9. The Labute approximate surface area is 201 Å². The molecular formula is C24H28N4O5S. The van der Waals surface area contributed by atoms with E-state index in [2.05, 4.69) is 25.7 Å². The quantitative estimate of drug-likeness (QED) is 0.463. The molecule has 0 bridgehead atoms. The fraction of sp³-hybridized carbons (Fsp3) is 0.292. The fourth-order valence-corrected chi connectivity index (χ4v) is 4.61. The number of nitrogens with zero attached hydrogens (tertiary/aromatic N) is 2. The molecule has 1 unspecified atom stereocenters. The molecule has 0 radical (unpaired) electrons. The van der Waals surface area contributed by atoms with Gasteiger partial charge in [0.25, 0.3) is 5.91 Å². The van der Waals surface area contributed by atoms with Crippen molar-refractivity contribution >= 4 is 28.3 Å². The average molecular weight is 485 g/mol. The molecule has 2 atom stereocenters. The number of carbonyl (C=O) groups is 1. The summed E-state index contributed by atoms with van der Waals surface area (Å²) in [5.74, 6) is 6.71. The first kappa shape index (κ1) is 23.8. The first-order valence-corrected chi connectivity index (χ1v) is 12.1. The number of anilines is 1. The third kappa shape index (κ3) is 5.77. The van der Waals surface area contributed by atoms with Gasteiger partial charge in [0.15, 0.2) is 0 Å². The van der Waals surface area contributed by atoms with Crippen molar-refractivity contribution in [2.24, 2.45) is 0 Å². The van der Waals surface area contributed by atoms with Crippen molar-refractivity contribution in [1.82, 2.24) is 14.5 Å². The minimum Gasteiger partial charge on any atom is -0.491 e. The maximum Gasteiger partial charge on any atom is 0.257 e. The van der Waals surface area contributed by atoms with Crippen molar-refractivity contribution < 1.29 is 23.7 Å². The Morgan fingerprint density at radius 2 is 2.09 bits per heavy atom. The Bertz CT molecular complexity index is 1170. The van der Waals surface area contributed by atoms with Gasteiger partial charge >= 0.3 is 0 Å². The topological polar surface area (TPSA) is 97.9 Å². The van der Waals surface area contributed by atoms with Crippen LogP contribution < -0.4 is 19.5 Å². The Balaban J connectivity index is 1.61. The predicted molar refractivity (Wildman–Crippen MR) is 133 cm³/mol. The normalized spacial score (nSPS) is 16.6. The molecule has 1 aliphatic rings. The number of benzene rings is 2. The molecule has 2 aromatic carbocycles. The third-order valence-electron chi connectivity index (χ3n) is 5.07.